The highest BCUT2D eigenvalue weighted by Crippen LogP contribution is 1.27. The number of hydrogen-bond acceptors (Lipinski definition) is 4. The van der Waals surface area contributed by atoms with E-state index < -0.39 is 0 Å². The van der Waals surface area contributed by atoms with Crippen LogP contribution >= 0.6 is 0 Å². The summed E-state index contributed by atoms with van der Waals surface area (Å²) in [4.78, 5) is 0. The molecule has 4 nitrogen and oxygen atoms in total. The van der Waals surface area contributed by atoms with E-state index in [0.717, 1.165) is 0 Å². The first-order valence-electron chi connectivity index (χ1n) is 1.77. The molecule has 38 valence electrons. The minimum atomic E-state index is 0.414. The van der Waals surface area contributed by atoms with Crippen LogP contribution in [0.5, 0.6) is 0 Å². The van der Waals surface area contributed by atoms with E-state index >= 15 is 0 Å². The Kier molecular flexibility index (Phi) is 4.71. The third kappa shape index (κ3) is 3.84. The van der Waals surface area contributed by atoms with Gasteiger partial charge in [-0.2, -0.15) is 0 Å². The molecule has 0 aliphatic heterocycles. The highest BCUT2D eigenvalue weighted by molar-refractivity contribution is 4.22. The van der Waals surface area contributed by atoms with Crippen LogP contribution in [0.3, 0.4) is 0 Å². The molecular weight excluding hydrogens is 80.0 g/mol. The Labute approximate surface area is 36.9 Å². The quantitative estimate of drug-likeness (QED) is 0.182. The number of hydrazine groups is 1. The summed E-state index contributed by atoms with van der Waals surface area (Å²) >= 11 is 0. The average Bonchev–Trinajstić information content (AvgIpc) is 1.61. The Morgan fingerprint density at radius 1 is 1.00 bits per heavy atom. The summed E-state index contributed by atoms with van der Waals surface area (Å²) in [5.41, 5.74) is 15.2. The fourth-order valence-electron chi connectivity index (χ4n) is 0.144. The lowest BCUT2D eigenvalue weighted by Crippen LogP contribution is -2.39. The summed E-state index contributed by atoms with van der Waals surface area (Å²) < 4.78 is 0. The smallest absolute Gasteiger partial charge is 0.0565 e. The van der Waals surface area contributed by atoms with Crippen LogP contribution in [0.2, 0.25) is 0 Å². The predicted octanol–water partition coefficient (Wildman–Crippen LogP) is -2.09. The molecule has 0 fully saturated rings. The second kappa shape index (κ2) is 4.84. The Balaban J connectivity index is 2.34. The molecular formula is C2H10N4. The maximum Gasteiger partial charge on any atom is 0.0565 e. The van der Waals surface area contributed by atoms with E-state index in [-0.39, 0.29) is 0 Å². The van der Waals surface area contributed by atoms with Gasteiger partial charge in [0.1, 0.15) is 0 Å². The fourth-order valence-corrected chi connectivity index (χ4v) is 0.144. The van der Waals surface area contributed by atoms with Crippen LogP contribution in [0, 0.1) is 0 Å². The van der Waals surface area contributed by atoms with Crippen molar-refractivity contribution >= 4 is 0 Å². The van der Waals surface area contributed by atoms with E-state index in [1.807, 2.05) is 0 Å². The lowest BCUT2D eigenvalue weighted by molar-refractivity contribution is 0.554. The van der Waals surface area contributed by atoms with Crippen LogP contribution in [0.15, 0.2) is 0 Å². The molecule has 0 aliphatic carbocycles. The Hall–Kier alpha value is -0.160. The molecule has 0 bridgehead atoms. The van der Waals surface area contributed by atoms with E-state index in [4.69, 9.17) is 11.5 Å². The first-order valence-corrected chi connectivity index (χ1v) is 1.77. The first-order chi connectivity index (χ1) is 2.91. The standard InChI is InChI=1S/C2H10N4/c3-1-5-6-2-4/h5-6H,1-4H2. The molecule has 0 amide bonds. The molecule has 0 heterocycles. The minimum absolute atomic E-state index is 0.414. The van der Waals surface area contributed by atoms with Gasteiger partial charge < -0.3 is 11.5 Å². The average molecular weight is 90.1 g/mol. The predicted molar refractivity (Wildman–Crippen MR) is 24.4 cm³/mol. The molecule has 0 aromatic heterocycles. The summed E-state index contributed by atoms with van der Waals surface area (Å²) in [5.74, 6) is 0. The highest BCUT2D eigenvalue weighted by Gasteiger charge is 1.67. The normalized spacial score (nSPS) is 9.00. The number of nitrogens with two attached hydrogens (primary N) is 2. The zero-order valence-electron chi connectivity index (χ0n) is 3.57. The van der Waals surface area contributed by atoms with E-state index in [1.165, 1.54) is 0 Å². The molecule has 4 heteroatoms. The van der Waals surface area contributed by atoms with Gasteiger partial charge in [-0.25, -0.2) is 10.9 Å². The molecule has 0 aromatic carbocycles. The highest BCUT2D eigenvalue weighted by atomic mass is 15.4. The van der Waals surface area contributed by atoms with Crippen LogP contribution in [-0.4, -0.2) is 13.3 Å². The Morgan fingerprint density at radius 2 is 1.33 bits per heavy atom. The largest absolute Gasteiger partial charge is 0.317 e. The SMILES string of the molecule is NCNNCN. The topological polar surface area (TPSA) is 76.1 Å². The molecule has 6 heavy (non-hydrogen) atoms. The lowest BCUT2D eigenvalue weighted by atomic mass is 11.1. The van der Waals surface area contributed by atoms with Gasteiger partial charge in [0, 0.05) is 0 Å². The molecule has 6 N–H and O–H groups in total. The van der Waals surface area contributed by atoms with Crippen LogP contribution in [0.25, 0.3) is 0 Å². The molecule has 0 aromatic rings. The van der Waals surface area contributed by atoms with Crippen LogP contribution in [0.1, 0.15) is 0 Å². The second-order valence-electron chi connectivity index (χ2n) is 0.762. The summed E-state index contributed by atoms with van der Waals surface area (Å²) in [7, 11) is 0. The van der Waals surface area contributed by atoms with Gasteiger partial charge in [-0.05, 0) is 0 Å². The van der Waals surface area contributed by atoms with Crippen molar-refractivity contribution in [3.8, 4) is 0 Å². The van der Waals surface area contributed by atoms with Crippen molar-refractivity contribution in [2.45, 2.75) is 0 Å². The van der Waals surface area contributed by atoms with Crippen LogP contribution < -0.4 is 22.3 Å². The van der Waals surface area contributed by atoms with Crippen molar-refractivity contribution in [3.05, 3.63) is 0 Å². The third-order valence-corrected chi connectivity index (χ3v) is 0.329. The molecule has 0 saturated heterocycles. The molecule has 0 spiro atoms. The van der Waals surface area contributed by atoms with Crippen molar-refractivity contribution in [2.75, 3.05) is 13.3 Å². The van der Waals surface area contributed by atoms with E-state index in [0.29, 0.717) is 13.3 Å². The Bertz CT molecular complexity index is 17.5. The maximum atomic E-state index is 4.99. The second-order valence-corrected chi connectivity index (χ2v) is 0.762. The van der Waals surface area contributed by atoms with Gasteiger partial charge in [-0.3, -0.25) is 0 Å². The zero-order chi connectivity index (χ0) is 4.83. The van der Waals surface area contributed by atoms with Crippen molar-refractivity contribution in [1.82, 2.24) is 10.9 Å². The van der Waals surface area contributed by atoms with Crippen molar-refractivity contribution in [1.29, 1.82) is 0 Å². The summed E-state index contributed by atoms with van der Waals surface area (Å²) in [6.45, 7) is 0.828. The first kappa shape index (κ1) is 5.84. The molecule has 0 rings (SSSR count). The van der Waals surface area contributed by atoms with E-state index in [1.54, 1.807) is 0 Å². The van der Waals surface area contributed by atoms with Gasteiger partial charge in [0.25, 0.3) is 0 Å². The minimum Gasteiger partial charge on any atom is -0.317 e. The summed E-state index contributed by atoms with van der Waals surface area (Å²) in [6.07, 6.45) is 0. The van der Waals surface area contributed by atoms with Crippen molar-refractivity contribution < 1.29 is 0 Å². The monoisotopic (exact) mass is 90.1 g/mol. The van der Waals surface area contributed by atoms with E-state index in [2.05, 4.69) is 10.9 Å². The zero-order valence-corrected chi connectivity index (χ0v) is 3.57. The van der Waals surface area contributed by atoms with E-state index in [9.17, 15) is 0 Å². The molecule has 0 aliphatic rings. The Morgan fingerprint density at radius 3 is 1.50 bits per heavy atom. The third-order valence-electron chi connectivity index (χ3n) is 0.329. The van der Waals surface area contributed by atoms with Gasteiger partial charge in [0.2, 0.25) is 0 Å². The van der Waals surface area contributed by atoms with Gasteiger partial charge in [0.15, 0.2) is 0 Å². The number of rotatable bonds is 3. The van der Waals surface area contributed by atoms with Gasteiger partial charge in [-0.15, -0.1) is 0 Å². The van der Waals surface area contributed by atoms with Gasteiger partial charge in [-0.1, -0.05) is 0 Å². The molecule has 0 atom stereocenters. The summed E-state index contributed by atoms with van der Waals surface area (Å²) in [5, 5.41) is 0. The lowest BCUT2D eigenvalue weighted by Gasteiger charge is -1.96. The van der Waals surface area contributed by atoms with Crippen LogP contribution in [0.4, 0.5) is 0 Å². The maximum absolute atomic E-state index is 4.99. The molecule has 0 unspecified atom stereocenters. The molecule has 0 saturated carbocycles. The van der Waals surface area contributed by atoms with Crippen molar-refractivity contribution in [2.24, 2.45) is 11.5 Å². The van der Waals surface area contributed by atoms with Crippen LogP contribution in [-0.2, 0) is 0 Å². The van der Waals surface area contributed by atoms with Gasteiger partial charge >= 0.3 is 0 Å². The van der Waals surface area contributed by atoms with Crippen molar-refractivity contribution in [3.63, 3.8) is 0 Å². The number of hydrogen-bond donors (Lipinski definition) is 4. The fraction of sp³-hybridized carbons (Fsp3) is 1.00. The summed E-state index contributed by atoms with van der Waals surface area (Å²) in [6, 6.07) is 0. The number of nitrogens with one attached hydrogen (secondary N) is 2. The van der Waals surface area contributed by atoms with Gasteiger partial charge in [0.05, 0.1) is 13.3 Å². The molecule has 0 radical (unpaired) electrons.